The van der Waals surface area contributed by atoms with Gasteiger partial charge in [0.2, 0.25) is 5.76 Å². The first kappa shape index (κ1) is 12.4. The number of aromatic nitrogens is 1. The number of hydrogen-bond donors (Lipinski definition) is 2. The second kappa shape index (κ2) is 6.02. The Kier molecular flexibility index (Phi) is 4.14. The average Bonchev–Trinajstić information content (AvgIpc) is 3.03. The second-order valence-corrected chi connectivity index (χ2v) is 3.66. The van der Waals surface area contributed by atoms with E-state index in [1.165, 1.54) is 6.26 Å². The Labute approximate surface area is 104 Å². The zero-order chi connectivity index (χ0) is 12.8. The van der Waals surface area contributed by atoms with E-state index in [9.17, 15) is 4.79 Å². The standard InChI is InChI=1S/C12H15N3O3/c1-2-13-5-6-14-12(16)9-8-11(18-15-9)10-4-3-7-17-10/h3-4,7-8,13H,2,5-6H2,1H3,(H,14,16). The normalized spacial score (nSPS) is 10.5. The highest BCUT2D eigenvalue weighted by molar-refractivity contribution is 5.92. The maximum Gasteiger partial charge on any atom is 0.273 e. The molecule has 1 amide bonds. The molecule has 2 heterocycles. The van der Waals surface area contributed by atoms with Crippen molar-refractivity contribution in [1.29, 1.82) is 0 Å². The Morgan fingerprint density at radius 3 is 3.00 bits per heavy atom. The molecular weight excluding hydrogens is 234 g/mol. The van der Waals surface area contributed by atoms with Crippen LogP contribution in [0.15, 0.2) is 33.4 Å². The van der Waals surface area contributed by atoms with E-state index in [0.29, 0.717) is 18.1 Å². The minimum absolute atomic E-state index is 0.248. The lowest BCUT2D eigenvalue weighted by Gasteiger charge is -2.02. The number of carbonyl (C=O) groups is 1. The molecule has 2 aromatic rings. The minimum atomic E-state index is -0.255. The van der Waals surface area contributed by atoms with Crippen molar-refractivity contribution < 1.29 is 13.7 Å². The van der Waals surface area contributed by atoms with E-state index in [2.05, 4.69) is 15.8 Å². The van der Waals surface area contributed by atoms with E-state index in [1.807, 2.05) is 6.92 Å². The number of nitrogens with zero attached hydrogens (tertiary/aromatic N) is 1. The van der Waals surface area contributed by atoms with Crippen LogP contribution in [0.4, 0.5) is 0 Å². The molecular formula is C12H15N3O3. The van der Waals surface area contributed by atoms with Crippen LogP contribution in [0.2, 0.25) is 0 Å². The highest BCUT2D eigenvalue weighted by Crippen LogP contribution is 2.20. The van der Waals surface area contributed by atoms with Crippen molar-refractivity contribution >= 4 is 5.91 Å². The summed E-state index contributed by atoms with van der Waals surface area (Å²) >= 11 is 0. The van der Waals surface area contributed by atoms with E-state index >= 15 is 0 Å². The summed E-state index contributed by atoms with van der Waals surface area (Å²) in [5.74, 6) is 0.737. The maximum atomic E-state index is 11.7. The molecule has 0 fully saturated rings. The number of nitrogens with one attached hydrogen (secondary N) is 2. The predicted molar refractivity (Wildman–Crippen MR) is 65.1 cm³/mol. The van der Waals surface area contributed by atoms with Crippen molar-refractivity contribution in [3.05, 3.63) is 30.2 Å². The Morgan fingerprint density at radius 1 is 1.39 bits per heavy atom. The van der Waals surface area contributed by atoms with Gasteiger partial charge in [-0.1, -0.05) is 12.1 Å². The smallest absolute Gasteiger partial charge is 0.273 e. The molecule has 6 nitrogen and oxygen atoms in total. The van der Waals surface area contributed by atoms with Crippen LogP contribution in [0.5, 0.6) is 0 Å². The Bertz CT molecular complexity index is 490. The van der Waals surface area contributed by atoms with Crippen molar-refractivity contribution in [2.24, 2.45) is 0 Å². The molecule has 2 rings (SSSR count). The van der Waals surface area contributed by atoms with Crippen LogP contribution in [-0.2, 0) is 0 Å². The van der Waals surface area contributed by atoms with Crippen molar-refractivity contribution in [3.8, 4) is 11.5 Å². The molecule has 0 aliphatic rings. The first-order valence-corrected chi connectivity index (χ1v) is 5.80. The van der Waals surface area contributed by atoms with E-state index in [4.69, 9.17) is 8.94 Å². The van der Waals surface area contributed by atoms with Gasteiger partial charge in [0.15, 0.2) is 11.5 Å². The van der Waals surface area contributed by atoms with E-state index < -0.39 is 0 Å². The predicted octanol–water partition coefficient (Wildman–Crippen LogP) is 1.27. The van der Waals surface area contributed by atoms with Gasteiger partial charge in [0.25, 0.3) is 5.91 Å². The number of hydrogen-bond acceptors (Lipinski definition) is 5. The average molecular weight is 249 g/mol. The molecule has 0 saturated heterocycles. The molecule has 2 aromatic heterocycles. The van der Waals surface area contributed by atoms with Crippen LogP contribution in [0.25, 0.3) is 11.5 Å². The Morgan fingerprint density at radius 2 is 2.28 bits per heavy atom. The zero-order valence-electron chi connectivity index (χ0n) is 10.1. The van der Waals surface area contributed by atoms with E-state index in [-0.39, 0.29) is 11.6 Å². The van der Waals surface area contributed by atoms with Gasteiger partial charge in [-0.3, -0.25) is 4.79 Å². The number of carbonyl (C=O) groups excluding carboxylic acids is 1. The number of rotatable bonds is 6. The summed E-state index contributed by atoms with van der Waals surface area (Å²) in [6, 6.07) is 5.04. The van der Waals surface area contributed by atoms with Crippen LogP contribution in [0.1, 0.15) is 17.4 Å². The molecule has 0 aliphatic heterocycles. The first-order chi connectivity index (χ1) is 8.81. The summed E-state index contributed by atoms with van der Waals surface area (Å²) in [6.07, 6.45) is 1.54. The second-order valence-electron chi connectivity index (χ2n) is 3.66. The van der Waals surface area contributed by atoms with Gasteiger partial charge in [0.1, 0.15) is 0 Å². The first-order valence-electron chi connectivity index (χ1n) is 5.80. The van der Waals surface area contributed by atoms with Gasteiger partial charge in [-0.2, -0.15) is 0 Å². The van der Waals surface area contributed by atoms with Crippen molar-refractivity contribution in [2.75, 3.05) is 19.6 Å². The summed E-state index contributed by atoms with van der Waals surface area (Å²) in [5.41, 5.74) is 0.248. The van der Waals surface area contributed by atoms with Crippen molar-refractivity contribution in [2.45, 2.75) is 6.92 Å². The van der Waals surface area contributed by atoms with Gasteiger partial charge in [0, 0.05) is 19.2 Å². The monoisotopic (exact) mass is 249 g/mol. The van der Waals surface area contributed by atoms with E-state index in [0.717, 1.165) is 13.1 Å². The largest absolute Gasteiger partial charge is 0.461 e. The molecule has 0 unspecified atom stereocenters. The van der Waals surface area contributed by atoms with Gasteiger partial charge in [-0.25, -0.2) is 0 Å². The van der Waals surface area contributed by atoms with Crippen molar-refractivity contribution in [3.63, 3.8) is 0 Å². The molecule has 2 N–H and O–H groups in total. The topological polar surface area (TPSA) is 80.3 Å². The molecule has 0 aromatic carbocycles. The van der Waals surface area contributed by atoms with Crippen LogP contribution in [-0.4, -0.2) is 30.7 Å². The van der Waals surface area contributed by atoms with Crippen LogP contribution in [0.3, 0.4) is 0 Å². The molecule has 0 spiro atoms. The molecule has 18 heavy (non-hydrogen) atoms. The molecule has 0 atom stereocenters. The fraction of sp³-hybridized carbons (Fsp3) is 0.333. The highest BCUT2D eigenvalue weighted by Gasteiger charge is 2.14. The Balaban J connectivity index is 1.91. The van der Waals surface area contributed by atoms with Gasteiger partial charge in [0.05, 0.1) is 6.26 Å². The number of likely N-dealkylation sites (N-methyl/N-ethyl adjacent to an activating group) is 1. The fourth-order valence-electron chi connectivity index (χ4n) is 1.45. The molecule has 0 aliphatic carbocycles. The highest BCUT2D eigenvalue weighted by atomic mass is 16.5. The quantitative estimate of drug-likeness (QED) is 0.754. The molecule has 0 radical (unpaired) electrons. The maximum absolute atomic E-state index is 11.7. The lowest BCUT2D eigenvalue weighted by atomic mass is 10.3. The minimum Gasteiger partial charge on any atom is -0.461 e. The van der Waals surface area contributed by atoms with Gasteiger partial charge >= 0.3 is 0 Å². The number of furan rings is 1. The van der Waals surface area contributed by atoms with Gasteiger partial charge in [-0.05, 0) is 18.7 Å². The summed E-state index contributed by atoms with van der Waals surface area (Å²) < 4.78 is 10.2. The molecule has 0 bridgehead atoms. The lowest BCUT2D eigenvalue weighted by Crippen LogP contribution is -2.31. The third-order valence-electron chi connectivity index (χ3n) is 2.34. The Hall–Kier alpha value is -2.08. The van der Waals surface area contributed by atoms with Gasteiger partial charge in [-0.15, -0.1) is 0 Å². The SMILES string of the molecule is CCNCCNC(=O)c1cc(-c2ccco2)on1. The molecule has 96 valence electrons. The summed E-state index contributed by atoms with van der Waals surface area (Å²) in [6.45, 7) is 4.16. The molecule has 6 heteroatoms. The summed E-state index contributed by atoms with van der Waals surface area (Å²) in [7, 11) is 0. The fourth-order valence-corrected chi connectivity index (χ4v) is 1.45. The number of amides is 1. The van der Waals surface area contributed by atoms with Crippen molar-refractivity contribution in [1.82, 2.24) is 15.8 Å². The third-order valence-corrected chi connectivity index (χ3v) is 2.34. The van der Waals surface area contributed by atoms with Crippen LogP contribution >= 0.6 is 0 Å². The van der Waals surface area contributed by atoms with Crippen LogP contribution < -0.4 is 10.6 Å². The van der Waals surface area contributed by atoms with Gasteiger partial charge < -0.3 is 19.6 Å². The zero-order valence-corrected chi connectivity index (χ0v) is 10.1. The lowest BCUT2D eigenvalue weighted by molar-refractivity contribution is 0.0945. The summed E-state index contributed by atoms with van der Waals surface area (Å²) in [5, 5.41) is 9.55. The van der Waals surface area contributed by atoms with E-state index in [1.54, 1.807) is 18.2 Å². The summed E-state index contributed by atoms with van der Waals surface area (Å²) in [4.78, 5) is 11.7. The third kappa shape index (κ3) is 2.98. The van der Waals surface area contributed by atoms with Crippen LogP contribution in [0, 0.1) is 0 Å². The molecule has 0 saturated carbocycles.